The van der Waals surface area contributed by atoms with Crippen LogP contribution in [0, 0.1) is 0 Å². The SMILES string of the molecule is COc1ccc(-n2cc(-c3ccccc3)nc2NC(=O)CN(C(=O)Cc2ccccc2)C2CC2)cc1OC. The minimum Gasteiger partial charge on any atom is -0.493 e. The number of aromatic nitrogens is 2. The van der Waals surface area contributed by atoms with Gasteiger partial charge < -0.3 is 14.4 Å². The molecule has 0 aliphatic heterocycles. The van der Waals surface area contributed by atoms with Crippen LogP contribution >= 0.6 is 0 Å². The van der Waals surface area contributed by atoms with Gasteiger partial charge >= 0.3 is 0 Å². The van der Waals surface area contributed by atoms with Crippen molar-refractivity contribution in [1.82, 2.24) is 14.5 Å². The van der Waals surface area contributed by atoms with Gasteiger partial charge in [0.05, 0.1) is 32.0 Å². The minimum atomic E-state index is -0.301. The smallest absolute Gasteiger partial charge is 0.246 e. The molecular weight excluding hydrogens is 480 g/mol. The number of anilines is 1. The van der Waals surface area contributed by atoms with Crippen molar-refractivity contribution in [2.75, 3.05) is 26.1 Å². The molecule has 1 heterocycles. The summed E-state index contributed by atoms with van der Waals surface area (Å²) < 4.78 is 12.7. The Balaban J connectivity index is 1.40. The van der Waals surface area contributed by atoms with Crippen LogP contribution in [0.4, 0.5) is 5.95 Å². The third-order valence-electron chi connectivity index (χ3n) is 6.49. The van der Waals surface area contributed by atoms with Crippen LogP contribution in [-0.2, 0) is 16.0 Å². The molecule has 0 radical (unpaired) electrons. The molecule has 1 aromatic heterocycles. The molecule has 0 bridgehead atoms. The van der Waals surface area contributed by atoms with E-state index in [2.05, 4.69) is 5.32 Å². The number of nitrogens with one attached hydrogen (secondary N) is 1. The predicted octanol–water partition coefficient (Wildman–Crippen LogP) is 4.73. The van der Waals surface area contributed by atoms with Gasteiger partial charge in [0.15, 0.2) is 11.5 Å². The Morgan fingerprint density at radius 2 is 1.63 bits per heavy atom. The van der Waals surface area contributed by atoms with Crippen LogP contribution in [0.25, 0.3) is 16.9 Å². The fraction of sp³-hybridized carbons (Fsp3) is 0.233. The van der Waals surface area contributed by atoms with Gasteiger partial charge in [0.25, 0.3) is 0 Å². The molecule has 8 nitrogen and oxygen atoms in total. The Bertz CT molecular complexity index is 1410. The zero-order valence-electron chi connectivity index (χ0n) is 21.5. The number of ether oxygens (including phenoxy) is 2. The monoisotopic (exact) mass is 510 g/mol. The van der Waals surface area contributed by atoms with E-state index in [-0.39, 0.29) is 30.8 Å². The van der Waals surface area contributed by atoms with Gasteiger partial charge in [-0.25, -0.2) is 4.98 Å². The van der Waals surface area contributed by atoms with E-state index in [9.17, 15) is 9.59 Å². The van der Waals surface area contributed by atoms with E-state index in [1.807, 2.05) is 79.0 Å². The standard InChI is InChI=1S/C30H30N4O4/c1-37-26-16-15-24(18-27(26)38-2)34-19-25(22-11-7-4-8-12-22)31-30(34)32-28(35)20-33(23-13-14-23)29(36)17-21-9-5-3-6-10-21/h3-12,15-16,18-19,23H,13-14,17,20H2,1-2H3,(H,31,32,35). The number of rotatable bonds is 10. The van der Waals surface area contributed by atoms with Gasteiger partial charge in [-0.15, -0.1) is 0 Å². The molecule has 0 spiro atoms. The number of methoxy groups -OCH3 is 2. The third-order valence-corrected chi connectivity index (χ3v) is 6.49. The normalized spacial score (nSPS) is 12.6. The van der Waals surface area contributed by atoms with Crippen molar-refractivity contribution in [2.45, 2.75) is 25.3 Å². The highest BCUT2D eigenvalue weighted by Gasteiger charge is 2.34. The number of hydrogen-bond acceptors (Lipinski definition) is 5. The maximum absolute atomic E-state index is 13.3. The topological polar surface area (TPSA) is 85.7 Å². The fourth-order valence-corrected chi connectivity index (χ4v) is 4.39. The molecule has 38 heavy (non-hydrogen) atoms. The van der Waals surface area contributed by atoms with Crippen molar-refractivity contribution >= 4 is 17.8 Å². The second-order valence-electron chi connectivity index (χ2n) is 9.19. The molecule has 0 atom stereocenters. The number of amides is 2. The van der Waals surface area contributed by atoms with E-state index in [1.54, 1.807) is 29.8 Å². The predicted molar refractivity (Wildman–Crippen MR) is 146 cm³/mol. The van der Waals surface area contributed by atoms with Crippen molar-refractivity contribution < 1.29 is 19.1 Å². The number of hydrogen-bond donors (Lipinski definition) is 1. The second kappa shape index (κ2) is 11.2. The molecule has 2 amide bonds. The number of benzene rings is 3. The van der Waals surface area contributed by atoms with Crippen molar-refractivity contribution in [1.29, 1.82) is 0 Å². The highest BCUT2D eigenvalue weighted by Crippen LogP contribution is 2.32. The highest BCUT2D eigenvalue weighted by atomic mass is 16.5. The summed E-state index contributed by atoms with van der Waals surface area (Å²) in [6, 6.07) is 24.9. The van der Waals surface area contributed by atoms with E-state index in [4.69, 9.17) is 14.5 Å². The summed E-state index contributed by atoms with van der Waals surface area (Å²) in [5, 5.41) is 2.94. The minimum absolute atomic E-state index is 0.0319. The van der Waals surface area contributed by atoms with Crippen LogP contribution in [0.15, 0.2) is 85.1 Å². The summed E-state index contributed by atoms with van der Waals surface area (Å²) in [4.78, 5) is 32.8. The van der Waals surface area contributed by atoms with E-state index >= 15 is 0 Å². The van der Waals surface area contributed by atoms with Gasteiger partial charge in [-0.2, -0.15) is 0 Å². The fourth-order valence-electron chi connectivity index (χ4n) is 4.39. The van der Waals surface area contributed by atoms with E-state index in [0.29, 0.717) is 23.1 Å². The van der Waals surface area contributed by atoms with Gasteiger partial charge in [-0.1, -0.05) is 60.7 Å². The zero-order chi connectivity index (χ0) is 26.5. The second-order valence-corrected chi connectivity index (χ2v) is 9.19. The first kappa shape index (κ1) is 25.1. The molecular formula is C30H30N4O4. The largest absolute Gasteiger partial charge is 0.493 e. The van der Waals surface area contributed by atoms with E-state index < -0.39 is 0 Å². The number of carbonyl (C=O) groups is 2. The number of nitrogens with zero attached hydrogens (tertiary/aromatic N) is 3. The van der Waals surface area contributed by atoms with Crippen LogP contribution in [0.5, 0.6) is 11.5 Å². The van der Waals surface area contributed by atoms with Crippen LogP contribution in [0.1, 0.15) is 18.4 Å². The first-order valence-electron chi connectivity index (χ1n) is 12.6. The summed E-state index contributed by atoms with van der Waals surface area (Å²) >= 11 is 0. The summed E-state index contributed by atoms with van der Waals surface area (Å²) in [5.41, 5.74) is 3.29. The van der Waals surface area contributed by atoms with Crippen molar-refractivity contribution in [3.05, 3.63) is 90.6 Å². The molecule has 4 aromatic rings. The molecule has 1 aliphatic rings. The maximum Gasteiger partial charge on any atom is 0.246 e. The lowest BCUT2D eigenvalue weighted by molar-refractivity contribution is -0.134. The Morgan fingerprint density at radius 3 is 2.29 bits per heavy atom. The Morgan fingerprint density at radius 1 is 0.947 bits per heavy atom. The molecule has 3 aromatic carbocycles. The average molecular weight is 511 g/mol. The van der Waals surface area contributed by atoms with Crippen LogP contribution in [0.2, 0.25) is 0 Å². The van der Waals surface area contributed by atoms with Gasteiger partial charge in [-0.05, 0) is 30.5 Å². The Labute approximate surface area is 221 Å². The summed E-state index contributed by atoms with van der Waals surface area (Å²) in [7, 11) is 3.16. The first-order valence-corrected chi connectivity index (χ1v) is 12.6. The number of imidazole rings is 1. The molecule has 0 saturated heterocycles. The zero-order valence-corrected chi connectivity index (χ0v) is 21.5. The molecule has 1 fully saturated rings. The van der Waals surface area contributed by atoms with E-state index in [1.165, 1.54) is 0 Å². The molecule has 1 aliphatic carbocycles. The van der Waals surface area contributed by atoms with Crippen LogP contribution in [0.3, 0.4) is 0 Å². The van der Waals surface area contributed by atoms with Crippen molar-refractivity contribution in [3.63, 3.8) is 0 Å². The summed E-state index contributed by atoms with van der Waals surface area (Å²) in [6.07, 6.45) is 3.95. The molecule has 194 valence electrons. The molecule has 5 rings (SSSR count). The third kappa shape index (κ3) is 5.70. The quantitative estimate of drug-likeness (QED) is 0.333. The first-order chi connectivity index (χ1) is 18.6. The van der Waals surface area contributed by atoms with Gasteiger partial charge in [-0.3, -0.25) is 19.5 Å². The van der Waals surface area contributed by atoms with Gasteiger partial charge in [0.1, 0.15) is 6.54 Å². The molecule has 0 unspecified atom stereocenters. The maximum atomic E-state index is 13.3. The molecule has 1 saturated carbocycles. The number of carbonyl (C=O) groups excluding carboxylic acids is 2. The van der Waals surface area contributed by atoms with Gasteiger partial charge in [0, 0.05) is 23.9 Å². The average Bonchev–Trinajstić information content (AvgIpc) is 3.71. The highest BCUT2D eigenvalue weighted by molar-refractivity contribution is 5.94. The van der Waals surface area contributed by atoms with Crippen LogP contribution in [-0.4, -0.2) is 53.1 Å². The summed E-state index contributed by atoms with van der Waals surface area (Å²) in [6.45, 7) is -0.0319. The molecule has 1 N–H and O–H groups in total. The van der Waals surface area contributed by atoms with Gasteiger partial charge in [0.2, 0.25) is 17.8 Å². The van der Waals surface area contributed by atoms with Crippen LogP contribution < -0.4 is 14.8 Å². The van der Waals surface area contributed by atoms with Crippen molar-refractivity contribution in [2.24, 2.45) is 0 Å². The molecule has 8 heteroatoms. The Kier molecular flexibility index (Phi) is 7.40. The lowest BCUT2D eigenvalue weighted by Crippen LogP contribution is -2.40. The summed E-state index contributed by atoms with van der Waals surface area (Å²) in [5.74, 6) is 1.16. The Hall–Kier alpha value is -4.59. The lowest BCUT2D eigenvalue weighted by Gasteiger charge is -2.22. The van der Waals surface area contributed by atoms with E-state index in [0.717, 1.165) is 29.7 Å². The van der Waals surface area contributed by atoms with Crippen molar-refractivity contribution in [3.8, 4) is 28.4 Å². The lowest BCUT2D eigenvalue weighted by atomic mass is 10.1.